The van der Waals surface area contributed by atoms with Crippen LogP contribution in [0.5, 0.6) is 0 Å². The summed E-state index contributed by atoms with van der Waals surface area (Å²) in [6.07, 6.45) is 2.33. The van der Waals surface area contributed by atoms with E-state index in [0.717, 1.165) is 41.0 Å². The largest absolute Gasteiger partial charge is 0.481 e. The summed E-state index contributed by atoms with van der Waals surface area (Å²) in [6.45, 7) is 3.53. The number of likely N-dealkylation sites (N-methyl/N-ethyl adjacent to an activating group) is 1. The van der Waals surface area contributed by atoms with Crippen LogP contribution in [-0.2, 0) is 17.8 Å². The van der Waals surface area contributed by atoms with Crippen molar-refractivity contribution in [2.24, 2.45) is 5.41 Å². The predicted octanol–water partition coefficient (Wildman–Crippen LogP) is 3.83. The van der Waals surface area contributed by atoms with Gasteiger partial charge in [0.2, 0.25) is 0 Å². The summed E-state index contributed by atoms with van der Waals surface area (Å²) in [6, 6.07) is 6.05. The fourth-order valence-corrected chi connectivity index (χ4v) is 6.68. The lowest BCUT2D eigenvalue weighted by Gasteiger charge is -2.42. The van der Waals surface area contributed by atoms with E-state index in [4.69, 9.17) is 11.6 Å². The van der Waals surface area contributed by atoms with Crippen LogP contribution >= 0.6 is 22.9 Å². The monoisotopic (exact) mass is 543 g/mol. The van der Waals surface area contributed by atoms with Crippen LogP contribution in [0.25, 0.3) is 10.9 Å². The molecule has 0 saturated heterocycles. The number of H-pyrrole nitrogens is 1. The van der Waals surface area contributed by atoms with E-state index in [1.165, 1.54) is 11.3 Å². The number of aromatic amines is 1. The van der Waals surface area contributed by atoms with Gasteiger partial charge in [-0.3, -0.25) is 14.4 Å². The maximum Gasteiger partial charge on any atom is 0.309 e. The molecule has 11 heteroatoms. The second kappa shape index (κ2) is 10.1. The van der Waals surface area contributed by atoms with E-state index in [9.17, 15) is 19.5 Å². The molecule has 3 atom stereocenters. The molecule has 5 rings (SSSR count). The Kier molecular flexibility index (Phi) is 6.99. The van der Waals surface area contributed by atoms with Gasteiger partial charge in [0, 0.05) is 46.4 Å². The topological polar surface area (TPSA) is 127 Å². The molecule has 4 N–H and O–H groups in total. The van der Waals surface area contributed by atoms with E-state index in [2.05, 4.69) is 25.5 Å². The maximum absolute atomic E-state index is 13.3. The van der Waals surface area contributed by atoms with Crippen LogP contribution < -0.4 is 10.6 Å². The highest BCUT2D eigenvalue weighted by molar-refractivity contribution is 7.13. The second-order valence-electron chi connectivity index (χ2n) is 10.1. The van der Waals surface area contributed by atoms with Gasteiger partial charge in [-0.15, -0.1) is 11.3 Å². The number of hydrogen-bond donors (Lipinski definition) is 4. The minimum Gasteiger partial charge on any atom is -0.481 e. The third-order valence-corrected chi connectivity index (χ3v) is 9.05. The Morgan fingerprint density at radius 3 is 2.78 bits per heavy atom. The molecule has 0 bridgehead atoms. The van der Waals surface area contributed by atoms with E-state index < -0.39 is 23.5 Å². The minimum atomic E-state index is -0.960. The fraction of sp³-hybridized carbons (Fsp3) is 0.462. The number of fused-ring (bicyclic) bond motifs is 2. The summed E-state index contributed by atoms with van der Waals surface area (Å²) in [7, 11) is 2.04. The number of amides is 2. The first-order valence-electron chi connectivity index (χ1n) is 12.5. The smallest absolute Gasteiger partial charge is 0.309 e. The van der Waals surface area contributed by atoms with Crippen molar-refractivity contribution in [3.05, 3.63) is 50.6 Å². The van der Waals surface area contributed by atoms with Gasteiger partial charge in [-0.25, -0.2) is 4.98 Å². The molecule has 1 aliphatic carbocycles. The van der Waals surface area contributed by atoms with Crippen LogP contribution in [0.3, 0.4) is 0 Å². The third kappa shape index (κ3) is 5.10. The summed E-state index contributed by atoms with van der Waals surface area (Å²) in [4.78, 5) is 49.6. The van der Waals surface area contributed by atoms with Crippen molar-refractivity contribution in [2.45, 2.75) is 57.7 Å². The van der Waals surface area contributed by atoms with Crippen molar-refractivity contribution in [2.75, 3.05) is 13.6 Å². The highest BCUT2D eigenvalue weighted by atomic mass is 35.5. The molecule has 2 aliphatic rings. The zero-order valence-electron chi connectivity index (χ0n) is 20.8. The Bertz CT molecular complexity index is 1370. The molecule has 2 amide bonds. The molecule has 37 heavy (non-hydrogen) atoms. The first kappa shape index (κ1) is 25.7. The molecule has 1 aromatic carbocycles. The van der Waals surface area contributed by atoms with Gasteiger partial charge in [0.05, 0.1) is 17.2 Å². The molecule has 1 aliphatic heterocycles. The van der Waals surface area contributed by atoms with Crippen LogP contribution in [0.4, 0.5) is 0 Å². The van der Waals surface area contributed by atoms with E-state index in [1.54, 1.807) is 24.3 Å². The molecular formula is C26H30ClN5O4S. The van der Waals surface area contributed by atoms with E-state index in [0.29, 0.717) is 35.0 Å². The summed E-state index contributed by atoms with van der Waals surface area (Å²) in [5.74, 6) is -1.52. The van der Waals surface area contributed by atoms with Crippen LogP contribution in [0.15, 0.2) is 24.3 Å². The first-order chi connectivity index (χ1) is 17.7. The number of aliphatic carboxylic acids is 1. The number of carboxylic acid groups (broad SMARTS) is 1. The Hall–Kier alpha value is -2.95. The SMILES string of the molecule is CC[C@@]1(C(=O)O)CC[C@@H](NC(=O)c2nc3c(s2)CN(C)CC3)[C@@H](NC(=O)c2cc3cc(Cl)ccc3[nH]2)C1. The maximum atomic E-state index is 13.3. The van der Waals surface area contributed by atoms with Crippen LogP contribution in [0.2, 0.25) is 5.02 Å². The van der Waals surface area contributed by atoms with Gasteiger partial charge in [-0.05, 0) is 57.0 Å². The number of nitrogens with one attached hydrogen (secondary N) is 3. The molecule has 1 saturated carbocycles. The van der Waals surface area contributed by atoms with Gasteiger partial charge in [0.15, 0.2) is 5.01 Å². The van der Waals surface area contributed by atoms with Crippen LogP contribution in [0, 0.1) is 5.41 Å². The molecular weight excluding hydrogens is 514 g/mol. The van der Waals surface area contributed by atoms with Gasteiger partial charge < -0.3 is 25.6 Å². The molecule has 0 spiro atoms. The van der Waals surface area contributed by atoms with Crippen molar-refractivity contribution >= 4 is 51.6 Å². The lowest BCUT2D eigenvalue weighted by molar-refractivity contribution is -0.152. The lowest BCUT2D eigenvalue weighted by atomic mass is 9.68. The molecule has 1 fully saturated rings. The molecule has 3 heterocycles. The number of thiazole rings is 1. The molecule has 3 aromatic rings. The fourth-order valence-electron chi connectivity index (χ4n) is 5.41. The summed E-state index contributed by atoms with van der Waals surface area (Å²) in [5.41, 5.74) is 1.13. The predicted molar refractivity (Wildman–Crippen MR) is 142 cm³/mol. The molecule has 0 unspecified atom stereocenters. The van der Waals surface area contributed by atoms with E-state index in [1.807, 2.05) is 14.0 Å². The number of nitrogens with zero attached hydrogens (tertiary/aromatic N) is 2. The first-order valence-corrected chi connectivity index (χ1v) is 13.7. The average molecular weight is 544 g/mol. The van der Waals surface area contributed by atoms with Crippen molar-refractivity contribution in [1.82, 2.24) is 25.5 Å². The van der Waals surface area contributed by atoms with E-state index in [-0.39, 0.29) is 18.2 Å². The van der Waals surface area contributed by atoms with Gasteiger partial charge in [-0.2, -0.15) is 0 Å². The highest BCUT2D eigenvalue weighted by Gasteiger charge is 2.46. The Balaban J connectivity index is 1.37. The third-order valence-electron chi connectivity index (χ3n) is 7.74. The number of hydrogen-bond acceptors (Lipinski definition) is 6. The number of halogens is 1. The molecule has 9 nitrogen and oxygen atoms in total. The number of carbonyl (C=O) groups is 3. The quantitative estimate of drug-likeness (QED) is 0.374. The van der Waals surface area contributed by atoms with Crippen LogP contribution in [0.1, 0.15) is 63.5 Å². The summed E-state index contributed by atoms with van der Waals surface area (Å²) < 4.78 is 0. The number of rotatable bonds is 6. The number of carboxylic acids is 1. The van der Waals surface area contributed by atoms with Gasteiger partial charge in [0.1, 0.15) is 5.69 Å². The molecule has 0 radical (unpaired) electrons. The number of benzene rings is 1. The van der Waals surface area contributed by atoms with Crippen molar-refractivity contribution in [3.63, 3.8) is 0 Å². The van der Waals surface area contributed by atoms with Gasteiger partial charge in [-0.1, -0.05) is 18.5 Å². The summed E-state index contributed by atoms with van der Waals surface area (Å²) >= 11 is 7.48. The van der Waals surface area contributed by atoms with Crippen molar-refractivity contribution < 1.29 is 19.5 Å². The zero-order valence-corrected chi connectivity index (χ0v) is 22.3. The Morgan fingerprint density at radius 1 is 1.24 bits per heavy atom. The van der Waals surface area contributed by atoms with E-state index >= 15 is 0 Å². The van der Waals surface area contributed by atoms with Crippen molar-refractivity contribution in [3.8, 4) is 0 Å². The number of aromatic nitrogens is 2. The molecule has 2 aromatic heterocycles. The normalized spacial score (nSPS) is 24.0. The molecule has 196 valence electrons. The average Bonchev–Trinajstić information content (AvgIpc) is 3.48. The zero-order chi connectivity index (χ0) is 26.3. The highest BCUT2D eigenvalue weighted by Crippen LogP contribution is 2.40. The second-order valence-corrected chi connectivity index (χ2v) is 11.7. The summed E-state index contributed by atoms with van der Waals surface area (Å²) in [5, 5.41) is 17.9. The van der Waals surface area contributed by atoms with Crippen LogP contribution in [-0.4, -0.2) is 63.4 Å². The van der Waals surface area contributed by atoms with Crippen molar-refractivity contribution in [1.29, 1.82) is 0 Å². The van der Waals surface area contributed by atoms with Gasteiger partial charge in [0.25, 0.3) is 11.8 Å². The minimum absolute atomic E-state index is 0.223. The van der Waals surface area contributed by atoms with Gasteiger partial charge >= 0.3 is 5.97 Å². The Morgan fingerprint density at radius 2 is 2.03 bits per heavy atom. The standard InChI is InChI=1S/C26H30ClN5O4S/c1-3-26(25(35)36)8-6-17(29-23(34)24-31-18-7-9-32(2)13-21(18)37-24)20(12-26)30-22(33)19-11-14-10-15(27)4-5-16(14)28-19/h4-5,10-11,17,20,28H,3,6-9,12-13H2,1-2H3,(H,29,34)(H,30,33)(H,35,36)/t17-,20+,26-/m1/s1. The Labute approximate surface area is 223 Å². The number of carbonyl (C=O) groups excluding carboxylic acids is 2. The lowest BCUT2D eigenvalue weighted by Crippen LogP contribution is -2.58.